The molecule has 3 aromatic rings. The molecule has 9 heteroatoms. The Bertz CT molecular complexity index is 1360. The Kier molecular flexibility index (Phi) is 7.73. The van der Waals surface area contributed by atoms with Crippen LogP contribution in [0.15, 0.2) is 42.5 Å². The van der Waals surface area contributed by atoms with Crippen LogP contribution in [0.3, 0.4) is 0 Å². The number of benzene rings is 2. The molecule has 0 radical (unpaired) electrons. The first-order valence-electron chi connectivity index (χ1n) is 12.4. The summed E-state index contributed by atoms with van der Waals surface area (Å²) < 4.78 is 30.6. The van der Waals surface area contributed by atoms with Gasteiger partial charge in [-0.15, -0.1) is 0 Å². The minimum atomic E-state index is -1.47. The van der Waals surface area contributed by atoms with Crippen LogP contribution >= 0.6 is 0 Å². The Morgan fingerprint density at radius 2 is 2.00 bits per heavy atom. The number of aliphatic hydroxyl groups is 2. The summed E-state index contributed by atoms with van der Waals surface area (Å²) in [4.78, 5) is 17.7. The number of nitrogens with zero attached hydrogens (tertiary/aromatic N) is 1. The van der Waals surface area contributed by atoms with E-state index in [0.29, 0.717) is 50.9 Å². The molecule has 1 aromatic heterocycles. The molecular formula is C29H33FN2O6. The number of carbonyl (C=O) groups excluding carboxylic acids is 1. The van der Waals surface area contributed by atoms with Crippen molar-refractivity contribution in [3.63, 3.8) is 0 Å². The standard InChI is InChI=1S/C29H33FN2O6/c1-17-13-19(5-7-21(17)30)26-27-20(28(2,31)16-38-27)15-25(32-26)29(3,35)10-9-22(34)18-6-8-23(37-12-11-33)24(14-18)36-4/h5-8,13-15,33,35H,9-12,16,31H2,1-4H3. The van der Waals surface area contributed by atoms with Crippen LogP contribution in [0, 0.1) is 12.7 Å². The Hall–Kier alpha value is -3.53. The molecule has 1 aliphatic heterocycles. The van der Waals surface area contributed by atoms with E-state index in [9.17, 15) is 14.3 Å². The van der Waals surface area contributed by atoms with E-state index in [0.717, 1.165) is 0 Å². The largest absolute Gasteiger partial charge is 0.493 e. The van der Waals surface area contributed by atoms with E-state index in [-0.39, 0.29) is 44.3 Å². The number of rotatable bonds is 10. The molecule has 1 aliphatic rings. The Morgan fingerprint density at radius 3 is 2.68 bits per heavy atom. The van der Waals surface area contributed by atoms with Crippen molar-refractivity contribution in [2.45, 2.75) is 44.8 Å². The van der Waals surface area contributed by atoms with Gasteiger partial charge in [-0.25, -0.2) is 9.37 Å². The summed E-state index contributed by atoms with van der Waals surface area (Å²) in [6.07, 6.45) is 0.125. The summed E-state index contributed by atoms with van der Waals surface area (Å²) in [5.41, 5.74) is 7.20. The normalized spacial score (nSPS) is 17.9. The lowest BCUT2D eigenvalue weighted by molar-refractivity contribution is 0.0396. The number of pyridine rings is 1. The summed E-state index contributed by atoms with van der Waals surface area (Å²) >= 11 is 0. The zero-order chi connectivity index (χ0) is 27.7. The molecule has 2 unspecified atom stereocenters. The lowest BCUT2D eigenvalue weighted by Crippen LogP contribution is -2.35. The van der Waals surface area contributed by atoms with Crippen LogP contribution in [0.5, 0.6) is 17.2 Å². The predicted molar refractivity (Wildman–Crippen MR) is 140 cm³/mol. The van der Waals surface area contributed by atoms with Gasteiger partial charge in [-0.05, 0) is 75.2 Å². The van der Waals surface area contributed by atoms with Crippen LogP contribution < -0.4 is 19.9 Å². The first kappa shape index (κ1) is 27.5. The molecule has 2 atom stereocenters. The van der Waals surface area contributed by atoms with Gasteiger partial charge in [0.1, 0.15) is 30.3 Å². The number of carbonyl (C=O) groups is 1. The first-order valence-corrected chi connectivity index (χ1v) is 12.4. The van der Waals surface area contributed by atoms with Gasteiger partial charge in [0.25, 0.3) is 0 Å². The summed E-state index contributed by atoms with van der Waals surface area (Å²) in [5, 5.41) is 20.5. The third-order valence-electron chi connectivity index (χ3n) is 6.76. The SMILES string of the molecule is COc1cc(C(=O)CCC(C)(O)c2cc3c(c(-c4ccc(F)c(C)c4)n2)OCC3(C)N)ccc1OCCO. The van der Waals surface area contributed by atoms with Crippen molar-refractivity contribution in [1.29, 1.82) is 0 Å². The molecule has 0 amide bonds. The maximum absolute atomic E-state index is 14.0. The van der Waals surface area contributed by atoms with Crippen LogP contribution in [0.25, 0.3) is 11.3 Å². The molecule has 0 saturated heterocycles. The third kappa shape index (κ3) is 5.50. The Labute approximate surface area is 221 Å². The summed E-state index contributed by atoms with van der Waals surface area (Å²) in [6.45, 7) is 5.30. The van der Waals surface area contributed by atoms with Crippen molar-refractivity contribution < 1.29 is 33.6 Å². The van der Waals surface area contributed by atoms with Crippen molar-refractivity contribution >= 4 is 5.78 Å². The van der Waals surface area contributed by atoms with E-state index in [4.69, 9.17) is 30.0 Å². The van der Waals surface area contributed by atoms with Gasteiger partial charge in [0, 0.05) is 23.1 Å². The maximum atomic E-state index is 14.0. The van der Waals surface area contributed by atoms with E-state index in [2.05, 4.69) is 0 Å². The zero-order valence-electron chi connectivity index (χ0n) is 22.0. The number of halogens is 1. The van der Waals surface area contributed by atoms with Crippen LogP contribution in [0.4, 0.5) is 4.39 Å². The molecule has 0 saturated carbocycles. The van der Waals surface area contributed by atoms with Gasteiger partial charge in [0.2, 0.25) is 0 Å². The Balaban J connectivity index is 1.62. The van der Waals surface area contributed by atoms with E-state index in [1.54, 1.807) is 50.2 Å². The van der Waals surface area contributed by atoms with Gasteiger partial charge in [0.05, 0.1) is 24.9 Å². The third-order valence-corrected chi connectivity index (χ3v) is 6.76. The van der Waals surface area contributed by atoms with E-state index < -0.39 is 11.1 Å². The second-order valence-corrected chi connectivity index (χ2v) is 10.0. The average Bonchev–Trinajstić information content (AvgIpc) is 3.21. The molecular weight excluding hydrogens is 491 g/mol. The quantitative estimate of drug-likeness (QED) is 0.340. The van der Waals surface area contributed by atoms with Crippen molar-refractivity contribution in [2.75, 3.05) is 26.9 Å². The fourth-order valence-corrected chi connectivity index (χ4v) is 4.41. The van der Waals surface area contributed by atoms with Crippen LogP contribution in [-0.4, -0.2) is 47.9 Å². The lowest BCUT2D eigenvalue weighted by atomic mass is 9.88. The molecule has 4 rings (SSSR count). The number of methoxy groups -OCH3 is 1. The molecule has 2 heterocycles. The van der Waals surface area contributed by atoms with Crippen LogP contribution in [-0.2, 0) is 11.1 Å². The second kappa shape index (κ2) is 10.7. The Morgan fingerprint density at radius 1 is 1.24 bits per heavy atom. The highest BCUT2D eigenvalue weighted by Gasteiger charge is 2.38. The molecule has 0 aliphatic carbocycles. The molecule has 0 bridgehead atoms. The summed E-state index contributed by atoms with van der Waals surface area (Å²) in [7, 11) is 1.47. The zero-order valence-corrected chi connectivity index (χ0v) is 22.0. The molecule has 8 nitrogen and oxygen atoms in total. The van der Waals surface area contributed by atoms with Crippen molar-refractivity contribution in [1.82, 2.24) is 4.98 Å². The highest BCUT2D eigenvalue weighted by Crippen LogP contribution is 2.44. The number of aromatic nitrogens is 1. The van der Waals surface area contributed by atoms with Gasteiger partial charge < -0.3 is 30.2 Å². The highest BCUT2D eigenvalue weighted by atomic mass is 19.1. The number of ether oxygens (including phenoxy) is 3. The van der Waals surface area contributed by atoms with E-state index in [1.807, 2.05) is 6.92 Å². The number of fused-ring (bicyclic) bond motifs is 1. The number of Topliss-reactive ketones (excluding diaryl/α,β-unsaturated/α-hetero) is 1. The molecule has 38 heavy (non-hydrogen) atoms. The van der Waals surface area contributed by atoms with Crippen molar-refractivity contribution in [2.24, 2.45) is 5.73 Å². The van der Waals surface area contributed by atoms with Gasteiger partial charge in [-0.2, -0.15) is 0 Å². The topological polar surface area (TPSA) is 124 Å². The van der Waals surface area contributed by atoms with Crippen LogP contribution in [0.1, 0.15) is 53.9 Å². The smallest absolute Gasteiger partial charge is 0.163 e. The minimum Gasteiger partial charge on any atom is -0.493 e. The molecule has 2 aromatic carbocycles. The number of hydrogen-bond acceptors (Lipinski definition) is 8. The number of aryl methyl sites for hydroxylation is 1. The number of aliphatic hydroxyl groups excluding tert-OH is 1. The number of ketones is 1. The summed E-state index contributed by atoms with van der Waals surface area (Å²) in [6, 6.07) is 11.2. The molecule has 0 fully saturated rings. The fourth-order valence-electron chi connectivity index (χ4n) is 4.41. The van der Waals surface area contributed by atoms with Crippen LogP contribution in [0.2, 0.25) is 0 Å². The van der Waals surface area contributed by atoms with Crippen molar-refractivity contribution in [3.8, 4) is 28.5 Å². The molecule has 202 valence electrons. The fraction of sp³-hybridized carbons (Fsp3) is 0.379. The van der Waals surface area contributed by atoms with Gasteiger partial charge in [-0.1, -0.05) is 0 Å². The van der Waals surface area contributed by atoms with E-state index >= 15 is 0 Å². The monoisotopic (exact) mass is 524 g/mol. The summed E-state index contributed by atoms with van der Waals surface area (Å²) in [5.74, 6) is 0.772. The predicted octanol–water partition coefficient (Wildman–Crippen LogP) is 4.01. The first-order chi connectivity index (χ1) is 18.0. The van der Waals surface area contributed by atoms with Gasteiger partial charge in [-0.3, -0.25) is 4.79 Å². The van der Waals surface area contributed by atoms with Gasteiger partial charge in [0.15, 0.2) is 23.0 Å². The second-order valence-electron chi connectivity index (χ2n) is 10.0. The average molecular weight is 525 g/mol. The maximum Gasteiger partial charge on any atom is 0.163 e. The highest BCUT2D eigenvalue weighted by molar-refractivity contribution is 5.96. The molecule has 0 spiro atoms. The van der Waals surface area contributed by atoms with Crippen molar-refractivity contribution in [3.05, 3.63) is 70.7 Å². The van der Waals surface area contributed by atoms with Gasteiger partial charge >= 0.3 is 0 Å². The number of nitrogens with two attached hydrogens (primary N) is 1. The minimum absolute atomic E-state index is 0.0349. The molecule has 4 N–H and O–H groups in total. The number of hydrogen-bond donors (Lipinski definition) is 3. The lowest BCUT2D eigenvalue weighted by Gasteiger charge is -2.25. The van der Waals surface area contributed by atoms with E-state index in [1.165, 1.54) is 13.2 Å².